The van der Waals surface area contributed by atoms with E-state index >= 15 is 0 Å². The van der Waals surface area contributed by atoms with Crippen LogP contribution < -0.4 is 5.32 Å². The van der Waals surface area contributed by atoms with Crippen molar-refractivity contribution < 1.29 is 0 Å². The summed E-state index contributed by atoms with van der Waals surface area (Å²) in [6.07, 6.45) is 8.67. The second-order valence-corrected chi connectivity index (χ2v) is 6.73. The van der Waals surface area contributed by atoms with Gasteiger partial charge in [-0.15, -0.1) is 0 Å². The Morgan fingerprint density at radius 3 is 2.70 bits per heavy atom. The van der Waals surface area contributed by atoms with Gasteiger partial charge in [-0.05, 0) is 43.1 Å². The van der Waals surface area contributed by atoms with E-state index in [2.05, 4.69) is 35.3 Å². The van der Waals surface area contributed by atoms with Gasteiger partial charge >= 0.3 is 0 Å². The minimum atomic E-state index is 0.861. The van der Waals surface area contributed by atoms with E-state index in [1.165, 1.54) is 50.9 Å². The van der Waals surface area contributed by atoms with E-state index in [0.717, 1.165) is 24.3 Å². The zero-order chi connectivity index (χ0) is 14.8. The van der Waals surface area contributed by atoms with Gasteiger partial charge in [-0.3, -0.25) is 4.99 Å². The summed E-state index contributed by atoms with van der Waals surface area (Å²) in [6.45, 7) is 8.08. The van der Waals surface area contributed by atoms with Gasteiger partial charge in [-0.1, -0.05) is 26.7 Å². The minimum absolute atomic E-state index is 0.861. The summed E-state index contributed by atoms with van der Waals surface area (Å²) in [5.41, 5.74) is 0. The Morgan fingerprint density at radius 1 is 1.35 bits per heavy atom. The number of aliphatic imine (C=N–C) groups is 1. The number of hydrogen-bond donors (Lipinski definition) is 1. The molecule has 1 unspecified atom stereocenters. The lowest BCUT2D eigenvalue weighted by atomic mass is 9.87. The third-order valence-electron chi connectivity index (χ3n) is 4.51. The Labute approximate surface area is 130 Å². The zero-order valence-electron chi connectivity index (χ0n) is 13.8. The molecule has 3 nitrogen and oxygen atoms in total. The highest BCUT2D eigenvalue weighted by Crippen LogP contribution is 2.28. The number of thioether (sulfide) groups is 1. The minimum Gasteiger partial charge on any atom is -0.356 e. The molecule has 118 valence electrons. The third-order valence-corrected chi connectivity index (χ3v) is 5.21. The van der Waals surface area contributed by atoms with Crippen molar-refractivity contribution in [2.75, 3.05) is 38.7 Å². The average Bonchev–Trinajstić information content (AvgIpc) is 2.94. The number of nitrogens with zero attached hydrogens (tertiary/aromatic N) is 2. The predicted octanol–water partition coefficient (Wildman–Crippen LogP) is 3.46. The van der Waals surface area contributed by atoms with Crippen LogP contribution in [0.2, 0.25) is 0 Å². The number of unbranched alkanes of at least 4 members (excludes halogenated alkanes) is 1. The maximum absolute atomic E-state index is 4.46. The first-order valence-electron chi connectivity index (χ1n) is 8.21. The Morgan fingerprint density at radius 2 is 2.10 bits per heavy atom. The molecule has 0 aromatic rings. The smallest absolute Gasteiger partial charge is 0.193 e. The highest BCUT2D eigenvalue weighted by Gasteiger charge is 2.29. The summed E-state index contributed by atoms with van der Waals surface area (Å²) in [4.78, 5) is 6.92. The van der Waals surface area contributed by atoms with Crippen LogP contribution in [-0.4, -0.2) is 49.6 Å². The summed E-state index contributed by atoms with van der Waals surface area (Å²) in [5, 5.41) is 3.53. The molecule has 4 heteroatoms. The van der Waals surface area contributed by atoms with Crippen LogP contribution in [0.5, 0.6) is 0 Å². The molecular weight excluding hydrogens is 266 g/mol. The number of nitrogens with one attached hydrogen (secondary N) is 1. The Balaban J connectivity index is 2.33. The van der Waals surface area contributed by atoms with E-state index < -0.39 is 0 Å². The monoisotopic (exact) mass is 299 g/mol. The fraction of sp³-hybridized carbons (Fsp3) is 0.938. The van der Waals surface area contributed by atoms with Gasteiger partial charge in [0.25, 0.3) is 0 Å². The molecule has 1 aliphatic heterocycles. The third kappa shape index (κ3) is 5.55. The van der Waals surface area contributed by atoms with Crippen LogP contribution in [-0.2, 0) is 0 Å². The summed E-state index contributed by atoms with van der Waals surface area (Å²) in [7, 11) is 1.91. The molecule has 0 aromatic carbocycles. The van der Waals surface area contributed by atoms with Crippen molar-refractivity contribution in [2.45, 2.75) is 46.0 Å². The summed E-state index contributed by atoms with van der Waals surface area (Å²) in [5.74, 6) is 4.13. The van der Waals surface area contributed by atoms with E-state index in [9.17, 15) is 0 Å². The maximum Gasteiger partial charge on any atom is 0.193 e. The molecule has 1 heterocycles. The second kappa shape index (κ2) is 10.4. The highest BCUT2D eigenvalue weighted by atomic mass is 32.2. The molecule has 0 amide bonds. The lowest BCUT2D eigenvalue weighted by Crippen LogP contribution is -2.40. The molecule has 1 rings (SSSR count). The van der Waals surface area contributed by atoms with Gasteiger partial charge in [-0.2, -0.15) is 11.8 Å². The summed E-state index contributed by atoms with van der Waals surface area (Å²) < 4.78 is 0. The van der Waals surface area contributed by atoms with E-state index in [0.29, 0.717) is 0 Å². The molecule has 1 saturated heterocycles. The molecule has 0 spiro atoms. The quantitative estimate of drug-likeness (QED) is 0.422. The molecule has 1 fully saturated rings. The number of hydrogen-bond acceptors (Lipinski definition) is 2. The van der Waals surface area contributed by atoms with Gasteiger partial charge in [0, 0.05) is 26.7 Å². The topological polar surface area (TPSA) is 27.6 Å². The van der Waals surface area contributed by atoms with Crippen molar-refractivity contribution in [2.24, 2.45) is 16.8 Å². The van der Waals surface area contributed by atoms with Crippen molar-refractivity contribution >= 4 is 17.7 Å². The molecule has 0 saturated carbocycles. The molecule has 1 atom stereocenters. The van der Waals surface area contributed by atoms with Gasteiger partial charge in [-0.25, -0.2) is 0 Å². The zero-order valence-corrected chi connectivity index (χ0v) is 14.6. The van der Waals surface area contributed by atoms with Gasteiger partial charge in [0.05, 0.1) is 0 Å². The van der Waals surface area contributed by atoms with Gasteiger partial charge in [0.15, 0.2) is 5.96 Å². The highest BCUT2D eigenvalue weighted by molar-refractivity contribution is 7.98. The normalized spacial score (nSPS) is 19.9. The van der Waals surface area contributed by atoms with Gasteiger partial charge in [0.2, 0.25) is 0 Å². The lowest BCUT2D eigenvalue weighted by Gasteiger charge is -2.24. The lowest BCUT2D eigenvalue weighted by molar-refractivity contribution is 0.319. The Hall–Kier alpha value is -0.380. The van der Waals surface area contributed by atoms with Crippen molar-refractivity contribution in [3.63, 3.8) is 0 Å². The van der Waals surface area contributed by atoms with E-state index in [-0.39, 0.29) is 0 Å². The predicted molar refractivity (Wildman–Crippen MR) is 92.7 cm³/mol. The first kappa shape index (κ1) is 17.7. The number of guanidine groups is 1. The molecule has 1 N–H and O–H groups in total. The van der Waals surface area contributed by atoms with Crippen LogP contribution in [0.25, 0.3) is 0 Å². The van der Waals surface area contributed by atoms with E-state index in [4.69, 9.17) is 0 Å². The van der Waals surface area contributed by atoms with Crippen molar-refractivity contribution in [3.8, 4) is 0 Å². The fourth-order valence-electron chi connectivity index (χ4n) is 3.22. The number of rotatable bonds is 8. The molecule has 0 aromatic heterocycles. The molecular formula is C16H33N3S. The first-order chi connectivity index (χ1) is 9.76. The molecule has 1 aliphatic rings. The standard InChI is InChI=1S/C16H33N3S/c1-5-14(6-2)15-9-11-19(13-15)16(17-3)18-10-7-8-12-20-4/h14-15H,5-13H2,1-4H3,(H,17,18). The Kier molecular flexibility index (Phi) is 9.16. The summed E-state index contributed by atoms with van der Waals surface area (Å²) >= 11 is 1.93. The van der Waals surface area contributed by atoms with Crippen molar-refractivity contribution in [1.82, 2.24) is 10.2 Å². The van der Waals surface area contributed by atoms with E-state index in [1.54, 1.807) is 0 Å². The van der Waals surface area contributed by atoms with E-state index in [1.807, 2.05) is 18.8 Å². The van der Waals surface area contributed by atoms with Crippen molar-refractivity contribution in [1.29, 1.82) is 0 Å². The van der Waals surface area contributed by atoms with Crippen molar-refractivity contribution in [3.05, 3.63) is 0 Å². The molecule has 20 heavy (non-hydrogen) atoms. The second-order valence-electron chi connectivity index (χ2n) is 5.75. The van der Waals surface area contributed by atoms with Gasteiger partial charge < -0.3 is 10.2 Å². The van der Waals surface area contributed by atoms with Crippen LogP contribution in [0.4, 0.5) is 0 Å². The SMILES string of the molecule is CCC(CC)C1CCN(C(=NC)NCCCCSC)C1. The average molecular weight is 300 g/mol. The van der Waals surface area contributed by atoms with Gasteiger partial charge in [0.1, 0.15) is 0 Å². The molecule has 0 radical (unpaired) electrons. The van der Waals surface area contributed by atoms with Crippen LogP contribution >= 0.6 is 11.8 Å². The summed E-state index contributed by atoms with van der Waals surface area (Å²) in [6, 6.07) is 0. The van der Waals surface area contributed by atoms with Crippen LogP contribution in [0.3, 0.4) is 0 Å². The molecule has 0 bridgehead atoms. The fourth-order valence-corrected chi connectivity index (χ4v) is 3.72. The Bertz CT molecular complexity index is 277. The number of likely N-dealkylation sites (tertiary alicyclic amines) is 1. The maximum atomic E-state index is 4.46. The molecule has 0 aliphatic carbocycles. The van der Waals surface area contributed by atoms with Crippen LogP contribution in [0.15, 0.2) is 4.99 Å². The van der Waals surface area contributed by atoms with Crippen LogP contribution in [0, 0.1) is 11.8 Å². The largest absolute Gasteiger partial charge is 0.356 e. The van der Waals surface area contributed by atoms with Crippen LogP contribution in [0.1, 0.15) is 46.0 Å². The first-order valence-corrected chi connectivity index (χ1v) is 9.60.